The molecule has 1 atom stereocenters. The average molecular weight is 223 g/mol. The lowest BCUT2D eigenvalue weighted by molar-refractivity contribution is 0.115. The summed E-state index contributed by atoms with van der Waals surface area (Å²) in [5.74, 6) is 0.993. The SMILES string of the molecule is CCC1CCC(NCC2CCC=CO2)CC1. The van der Waals surface area contributed by atoms with Gasteiger partial charge in [-0.1, -0.05) is 13.3 Å². The van der Waals surface area contributed by atoms with Gasteiger partial charge in [0.1, 0.15) is 6.10 Å². The first kappa shape index (κ1) is 12.0. The molecule has 0 aromatic rings. The van der Waals surface area contributed by atoms with Gasteiger partial charge in [-0.15, -0.1) is 0 Å². The predicted octanol–water partition coefficient (Wildman–Crippen LogP) is 3.24. The Bertz CT molecular complexity index is 219. The van der Waals surface area contributed by atoms with Gasteiger partial charge in [0.25, 0.3) is 0 Å². The molecular weight excluding hydrogens is 198 g/mol. The van der Waals surface area contributed by atoms with Crippen LogP contribution in [0.15, 0.2) is 12.3 Å². The summed E-state index contributed by atoms with van der Waals surface area (Å²) < 4.78 is 5.57. The van der Waals surface area contributed by atoms with E-state index in [2.05, 4.69) is 18.3 Å². The zero-order valence-electron chi connectivity index (χ0n) is 10.5. The second-order valence-electron chi connectivity index (χ2n) is 5.24. The third-order valence-corrected chi connectivity index (χ3v) is 4.08. The van der Waals surface area contributed by atoms with E-state index in [1.54, 1.807) is 0 Å². The van der Waals surface area contributed by atoms with Crippen molar-refractivity contribution in [2.24, 2.45) is 5.92 Å². The van der Waals surface area contributed by atoms with Crippen LogP contribution < -0.4 is 5.32 Å². The molecule has 0 aromatic heterocycles. The largest absolute Gasteiger partial charge is 0.497 e. The Labute approximate surface area is 99.4 Å². The highest BCUT2D eigenvalue weighted by Gasteiger charge is 2.20. The van der Waals surface area contributed by atoms with Crippen LogP contribution in [-0.2, 0) is 4.74 Å². The van der Waals surface area contributed by atoms with Crippen molar-refractivity contribution in [3.63, 3.8) is 0 Å². The summed E-state index contributed by atoms with van der Waals surface area (Å²) in [5, 5.41) is 3.68. The van der Waals surface area contributed by atoms with E-state index in [0.29, 0.717) is 6.10 Å². The van der Waals surface area contributed by atoms with E-state index in [4.69, 9.17) is 4.74 Å². The molecule has 1 aliphatic heterocycles. The van der Waals surface area contributed by atoms with Crippen LogP contribution in [0.25, 0.3) is 0 Å². The van der Waals surface area contributed by atoms with Crippen LogP contribution in [0.1, 0.15) is 51.9 Å². The van der Waals surface area contributed by atoms with Crippen LogP contribution in [0.5, 0.6) is 0 Å². The zero-order chi connectivity index (χ0) is 11.2. The van der Waals surface area contributed by atoms with Gasteiger partial charge in [-0.25, -0.2) is 0 Å². The molecule has 0 spiro atoms. The van der Waals surface area contributed by atoms with E-state index >= 15 is 0 Å². The third kappa shape index (κ3) is 3.51. The van der Waals surface area contributed by atoms with Crippen molar-refractivity contribution < 1.29 is 4.74 Å². The summed E-state index contributed by atoms with van der Waals surface area (Å²) >= 11 is 0. The number of allylic oxidation sites excluding steroid dienone is 1. The normalized spacial score (nSPS) is 34.7. The van der Waals surface area contributed by atoms with Crippen molar-refractivity contribution in [1.82, 2.24) is 5.32 Å². The van der Waals surface area contributed by atoms with Crippen LogP contribution in [0.4, 0.5) is 0 Å². The highest BCUT2D eigenvalue weighted by molar-refractivity contribution is 4.84. The average Bonchev–Trinajstić information content (AvgIpc) is 2.38. The smallest absolute Gasteiger partial charge is 0.110 e. The maximum absolute atomic E-state index is 5.57. The number of rotatable bonds is 4. The topological polar surface area (TPSA) is 21.3 Å². The van der Waals surface area contributed by atoms with Gasteiger partial charge in [-0.3, -0.25) is 0 Å². The van der Waals surface area contributed by atoms with Crippen molar-refractivity contribution in [2.45, 2.75) is 64.0 Å². The first-order chi connectivity index (χ1) is 7.88. The third-order valence-electron chi connectivity index (χ3n) is 4.08. The van der Waals surface area contributed by atoms with Gasteiger partial charge >= 0.3 is 0 Å². The summed E-state index contributed by atoms with van der Waals surface area (Å²) in [4.78, 5) is 0. The van der Waals surface area contributed by atoms with Crippen LogP contribution in [0.2, 0.25) is 0 Å². The Morgan fingerprint density at radius 1 is 1.19 bits per heavy atom. The quantitative estimate of drug-likeness (QED) is 0.790. The zero-order valence-corrected chi connectivity index (χ0v) is 10.5. The minimum Gasteiger partial charge on any atom is -0.497 e. The van der Waals surface area contributed by atoms with E-state index in [-0.39, 0.29) is 0 Å². The summed E-state index contributed by atoms with van der Waals surface area (Å²) in [7, 11) is 0. The molecule has 2 aliphatic rings. The van der Waals surface area contributed by atoms with Crippen LogP contribution in [-0.4, -0.2) is 18.7 Å². The Balaban J connectivity index is 1.61. The molecule has 1 saturated carbocycles. The lowest BCUT2D eigenvalue weighted by atomic mass is 9.84. The summed E-state index contributed by atoms with van der Waals surface area (Å²) in [6.07, 6.45) is 13.7. The van der Waals surface area contributed by atoms with Gasteiger partial charge in [0.05, 0.1) is 6.26 Å². The molecule has 2 heteroatoms. The van der Waals surface area contributed by atoms with Gasteiger partial charge in [0, 0.05) is 12.6 Å². The summed E-state index contributed by atoms with van der Waals surface area (Å²) in [5.41, 5.74) is 0. The molecule has 1 fully saturated rings. The molecular formula is C14H25NO. The Hall–Kier alpha value is -0.500. The highest BCUT2D eigenvalue weighted by Crippen LogP contribution is 2.26. The van der Waals surface area contributed by atoms with Gasteiger partial charge in [-0.05, 0) is 50.5 Å². The van der Waals surface area contributed by atoms with E-state index in [1.807, 2.05) is 6.26 Å². The number of hydrogen-bond acceptors (Lipinski definition) is 2. The maximum atomic E-state index is 5.57. The molecule has 0 radical (unpaired) electrons. The van der Waals surface area contributed by atoms with Gasteiger partial charge in [0.2, 0.25) is 0 Å². The molecule has 92 valence electrons. The number of hydrogen-bond donors (Lipinski definition) is 1. The fraction of sp³-hybridized carbons (Fsp3) is 0.857. The first-order valence-corrected chi connectivity index (χ1v) is 6.92. The van der Waals surface area contributed by atoms with Crippen LogP contribution >= 0.6 is 0 Å². The van der Waals surface area contributed by atoms with Crippen molar-refractivity contribution in [3.05, 3.63) is 12.3 Å². The minimum atomic E-state index is 0.411. The summed E-state index contributed by atoms with van der Waals surface area (Å²) in [6, 6.07) is 0.748. The minimum absolute atomic E-state index is 0.411. The molecule has 2 nitrogen and oxygen atoms in total. The fourth-order valence-electron chi connectivity index (χ4n) is 2.81. The standard InChI is InChI=1S/C14H25NO/c1-2-12-6-8-13(9-7-12)15-11-14-5-3-4-10-16-14/h4,10,12-15H,2-3,5-9,11H2,1H3. The molecule has 0 aromatic carbocycles. The summed E-state index contributed by atoms with van der Waals surface area (Å²) in [6.45, 7) is 3.35. The molecule has 1 N–H and O–H groups in total. The Morgan fingerprint density at radius 3 is 2.62 bits per heavy atom. The highest BCUT2D eigenvalue weighted by atomic mass is 16.5. The van der Waals surface area contributed by atoms with Crippen molar-refractivity contribution in [1.29, 1.82) is 0 Å². The van der Waals surface area contributed by atoms with Gasteiger partial charge in [0.15, 0.2) is 0 Å². The fourth-order valence-corrected chi connectivity index (χ4v) is 2.81. The van der Waals surface area contributed by atoms with Gasteiger partial charge < -0.3 is 10.1 Å². The molecule has 0 bridgehead atoms. The Morgan fingerprint density at radius 2 is 2.00 bits per heavy atom. The van der Waals surface area contributed by atoms with E-state index in [9.17, 15) is 0 Å². The molecule has 0 saturated heterocycles. The molecule has 2 rings (SSSR count). The lowest BCUT2D eigenvalue weighted by Crippen LogP contribution is -2.38. The Kier molecular flexibility index (Phi) is 4.70. The van der Waals surface area contributed by atoms with Crippen LogP contribution in [0, 0.1) is 5.92 Å². The molecule has 16 heavy (non-hydrogen) atoms. The number of nitrogens with one attached hydrogen (secondary N) is 1. The van der Waals surface area contributed by atoms with Crippen molar-refractivity contribution in [2.75, 3.05) is 6.54 Å². The lowest BCUT2D eigenvalue weighted by Gasteiger charge is -2.30. The van der Waals surface area contributed by atoms with Crippen LogP contribution in [0.3, 0.4) is 0 Å². The number of ether oxygens (including phenoxy) is 1. The molecule has 1 unspecified atom stereocenters. The van der Waals surface area contributed by atoms with E-state index in [1.165, 1.54) is 44.9 Å². The van der Waals surface area contributed by atoms with E-state index < -0.39 is 0 Å². The monoisotopic (exact) mass is 223 g/mol. The van der Waals surface area contributed by atoms with Gasteiger partial charge in [-0.2, -0.15) is 0 Å². The molecule has 1 aliphatic carbocycles. The van der Waals surface area contributed by atoms with Crippen molar-refractivity contribution in [3.8, 4) is 0 Å². The first-order valence-electron chi connectivity index (χ1n) is 6.92. The predicted molar refractivity (Wildman–Crippen MR) is 67.3 cm³/mol. The van der Waals surface area contributed by atoms with Crippen molar-refractivity contribution >= 4 is 0 Å². The second-order valence-corrected chi connectivity index (χ2v) is 5.24. The molecule has 0 amide bonds. The molecule has 1 heterocycles. The second kappa shape index (κ2) is 6.29. The maximum Gasteiger partial charge on any atom is 0.110 e. The van der Waals surface area contributed by atoms with E-state index in [0.717, 1.165) is 18.5 Å².